The number of carboxylic acid groups (broad SMARTS) is 1. The van der Waals surface area contributed by atoms with E-state index < -0.39 is 16.7 Å². The zero-order valence-electron chi connectivity index (χ0n) is 11.7. The molecule has 0 saturated heterocycles. The highest BCUT2D eigenvalue weighted by molar-refractivity contribution is 6.19. The number of unbranched alkanes of at least 4 members (excludes halogenated alkanes) is 2. The molecule has 0 saturated carbocycles. The van der Waals surface area contributed by atoms with E-state index in [0.717, 1.165) is 12.8 Å². The van der Waals surface area contributed by atoms with Crippen molar-refractivity contribution in [3.05, 3.63) is 45.5 Å². The van der Waals surface area contributed by atoms with Crippen molar-refractivity contribution in [1.29, 1.82) is 0 Å². The Hall–Kier alpha value is -2.50. The predicted molar refractivity (Wildman–Crippen MR) is 77.9 cm³/mol. The fraction of sp³-hybridized carbons (Fsp3) is 0.333. The molecule has 0 unspecified atom stereocenters. The number of nitrogens with zero attached hydrogens (tertiary/aromatic N) is 1. The first kappa shape index (κ1) is 16.6. The Labute approximate surface area is 122 Å². The summed E-state index contributed by atoms with van der Waals surface area (Å²) in [5.74, 6) is -1.70. The maximum Gasteiger partial charge on any atom is 0.339 e. The minimum absolute atomic E-state index is 0.0849. The summed E-state index contributed by atoms with van der Waals surface area (Å²) >= 11 is 0. The smallest absolute Gasteiger partial charge is 0.339 e. The predicted octanol–water partition coefficient (Wildman–Crippen LogP) is 3.21. The lowest BCUT2D eigenvalue weighted by Crippen LogP contribution is -2.12. The monoisotopic (exact) mass is 291 g/mol. The molecule has 1 aromatic rings. The Bertz CT molecular complexity index is 560. The molecule has 0 spiro atoms. The molecule has 0 aliphatic carbocycles. The molecule has 0 aliphatic heterocycles. The van der Waals surface area contributed by atoms with Crippen molar-refractivity contribution in [2.24, 2.45) is 0 Å². The van der Waals surface area contributed by atoms with Crippen LogP contribution in [0.15, 0.2) is 29.8 Å². The molecule has 6 nitrogen and oxygen atoms in total. The van der Waals surface area contributed by atoms with Crippen LogP contribution in [0.1, 0.15) is 38.2 Å². The van der Waals surface area contributed by atoms with Crippen LogP contribution in [0.3, 0.4) is 0 Å². The van der Waals surface area contributed by atoms with Gasteiger partial charge in [-0.1, -0.05) is 19.8 Å². The number of rotatable bonds is 8. The van der Waals surface area contributed by atoms with Crippen LogP contribution in [0.2, 0.25) is 0 Å². The first-order valence-corrected chi connectivity index (χ1v) is 6.68. The lowest BCUT2D eigenvalue weighted by atomic mass is 10.0. The van der Waals surface area contributed by atoms with E-state index in [0.29, 0.717) is 12.0 Å². The fourth-order valence-electron chi connectivity index (χ4n) is 1.79. The molecular weight excluding hydrogens is 274 g/mol. The van der Waals surface area contributed by atoms with Crippen LogP contribution in [0.4, 0.5) is 5.69 Å². The van der Waals surface area contributed by atoms with Crippen LogP contribution in [0.5, 0.6) is 0 Å². The number of hydrogen-bond donors (Lipinski definition) is 1. The Morgan fingerprint density at radius 1 is 1.24 bits per heavy atom. The van der Waals surface area contributed by atoms with Crippen LogP contribution in [-0.4, -0.2) is 21.8 Å². The molecule has 0 atom stereocenters. The van der Waals surface area contributed by atoms with Gasteiger partial charge in [0.1, 0.15) is 5.57 Å². The maximum absolute atomic E-state index is 11.9. The van der Waals surface area contributed by atoms with E-state index in [-0.39, 0.29) is 17.7 Å². The topological polar surface area (TPSA) is 97.5 Å². The average Bonchev–Trinajstić information content (AvgIpc) is 2.45. The van der Waals surface area contributed by atoms with E-state index >= 15 is 0 Å². The fourth-order valence-corrected chi connectivity index (χ4v) is 1.79. The standard InChI is InChI=1S/C15H17NO5/c1-2-3-4-5-14(17)13(15(18)19)10-11-6-8-12(9-7-11)16(20)21/h6-10H,2-5H2,1H3,(H,18,19)/b13-10+. The van der Waals surface area contributed by atoms with Crippen molar-refractivity contribution in [2.45, 2.75) is 32.6 Å². The lowest BCUT2D eigenvalue weighted by molar-refractivity contribution is -0.384. The molecular formula is C15H17NO5. The van der Waals surface area contributed by atoms with Gasteiger partial charge in [0.15, 0.2) is 5.78 Å². The van der Waals surface area contributed by atoms with Crippen molar-refractivity contribution in [2.75, 3.05) is 0 Å². The third-order valence-electron chi connectivity index (χ3n) is 2.95. The molecule has 0 aromatic heterocycles. The summed E-state index contributed by atoms with van der Waals surface area (Å²) < 4.78 is 0. The number of Topliss-reactive ketones (excluding diaryl/α,β-unsaturated/α-hetero) is 1. The second-order valence-corrected chi connectivity index (χ2v) is 4.59. The Morgan fingerprint density at radius 2 is 1.86 bits per heavy atom. The highest BCUT2D eigenvalue weighted by Crippen LogP contribution is 2.16. The van der Waals surface area contributed by atoms with Gasteiger partial charge in [0.2, 0.25) is 0 Å². The number of hydrogen-bond acceptors (Lipinski definition) is 4. The number of non-ortho nitro benzene ring substituents is 1. The summed E-state index contributed by atoms with van der Waals surface area (Å²) in [7, 11) is 0. The van der Waals surface area contributed by atoms with Crippen molar-refractivity contribution < 1.29 is 19.6 Å². The van der Waals surface area contributed by atoms with Crippen molar-refractivity contribution in [1.82, 2.24) is 0 Å². The van der Waals surface area contributed by atoms with Gasteiger partial charge in [0.05, 0.1) is 4.92 Å². The Morgan fingerprint density at radius 3 is 2.33 bits per heavy atom. The van der Waals surface area contributed by atoms with E-state index in [4.69, 9.17) is 5.11 Å². The van der Waals surface area contributed by atoms with Crippen LogP contribution in [-0.2, 0) is 9.59 Å². The second-order valence-electron chi connectivity index (χ2n) is 4.59. The normalized spacial score (nSPS) is 11.2. The molecule has 0 bridgehead atoms. The lowest BCUT2D eigenvalue weighted by Gasteiger charge is -2.02. The molecule has 0 fully saturated rings. The third kappa shape index (κ3) is 5.18. The average molecular weight is 291 g/mol. The van der Waals surface area contributed by atoms with Crippen molar-refractivity contribution in [3.63, 3.8) is 0 Å². The molecule has 6 heteroatoms. The highest BCUT2D eigenvalue weighted by Gasteiger charge is 2.17. The van der Waals surface area contributed by atoms with Crippen LogP contribution < -0.4 is 0 Å². The molecule has 1 aromatic carbocycles. The number of benzene rings is 1. The minimum Gasteiger partial charge on any atom is -0.478 e. The van der Waals surface area contributed by atoms with E-state index in [1.54, 1.807) is 0 Å². The molecule has 112 valence electrons. The van der Waals surface area contributed by atoms with Gasteiger partial charge < -0.3 is 5.11 Å². The van der Waals surface area contributed by atoms with E-state index in [2.05, 4.69) is 0 Å². The molecule has 0 aliphatic rings. The summed E-state index contributed by atoms with van der Waals surface area (Å²) in [6, 6.07) is 5.38. The number of nitro benzene ring substituents is 1. The number of carbonyl (C=O) groups is 2. The summed E-state index contributed by atoms with van der Waals surface area (Å²) in [4.78, 5) is 33.0. The van der Waals surface area contributed by atoms with Gasteiger partial charge in [-0.3, -0.25) is 14.9 Å². The van der Waals surface area contributed by atoms with Gasteiger partial charge in [-0.15, -0.1) is 0 Å². The molecule has 21 heavy (non-hydrogen) atoms. The van der Waals surface area contributed by atoms with Gasteiger partial charge in [0.25, 0.3) is 5.69 Å². The van der Waals surface area contributed by atoms with E-state index in [1.807, 2.05) is 6.92 Å². The zero-order valence-corrected chi connectivity index (χ0v) is 11.7. The summed E-state index contributed by atoms with van der Waals surface area (Å²) in [5, 5.41) is 19.6. The van der Waals surface area contributed by atoms with Gasteiger partial charge in [-0.05, 0) is 30.2 Å². The SMILES string of the molecule is CCCCCC(=O)/C(=C\c1ccc([N+](=O)[O-])cc1)C(=O)O. The molecule has 0 heterocycles. The molecule has 1 rings (SSSR count). The van der Waals surface area contributed by atoms with E-state index in [9.17, 15) is 19.7 Å². The number of nitro groups is 1. The van der Waals surface area contributed by atoms with Crippen molar-refractivity contribution in [3.8, 4) is 0 Å². The molecule has 0 radical (unpaired) electrons. The van der Waals surface area contributed by atoms with Crippen LogP contribution >= 0.6 is 0 Å². The number of aliphatic carboxylic acids is 1. The largest absolute Gasteiger partial charge is 0.478 e. The Balaban J connectivity index is 2.91. The first-order chi connectivity index (χ1) is 9.95. The minimum atomic E-state index is -1.28. The number of carboxylic acids is 1. The Kier molecular flexibility index (Phi) is 6.26. The quantitative estimate of drug-likeness (QED) is 0.198. The maximum atomic E-state index is 11.9. The summed E-state index contributed by atoms with van der Waals surface area (Å²) in [5.41, 5.74) is 0.0695. The number of ketones is 1. The van der Waals surface area contributed by atoms with Crippen molar-refractivity contribution >= 4 is 23.5 Å². The van der Waals surface area contributed by atoms with Crippen LogP contribution in [0, 0.1) is 10.1 Å². The molecule has 1 N–H and O–H groups in total. The van der Waals surface area contributed by atoms with Gasteiger partial charge in [-0.25, -0.2) is 4.79 Å². The van der Waals surface area contributed by atoms with Gasteiger partial charge >= 0.3 is 5.97 Å². The van der Waals surface area contributed by atoms with Gasteiger partial charge in [0, 0.05) is 18.6 Å². The van der Waals surface area contributed by atoms with Gasteiger partial charge in [-0.2, -0.15) is 0 Å². The third-order valence-corrected chi connectivity index (χ3v) is 2.95. The molecule has 0 amide bonds. The second kappa shape index (κ2) is 7.94. The summed E-state index contributed by atoms with van der Waals surface area (Å²) in [6.45, 7) is 2.00. The first-order valence-electron chi connectivity index (χ1n) is 6.68. The summed E-state index contributed by atoms with van der Waals surface area (Å²) in [6.07, 6.45) is 3.91. The van der Waals surface area contributed by atoms with E-state index in [1.165, 1.54) is 30.3 Å². The highest BCUT2D eigenvalue weighted by atomic mass is 16.6. The van der Waals surface area contributed by atoms with Crippen LogP contribution in [0.25, 0.3) is 6.08 Å². The number of carbonyl (C=O) groups excluding carboxylic acids is 1. The zero-order chi connectivity index (χ0) is 15.8.